The van der Waals surface area contributed by atoms with Crippen molar-refractivity contribution in [3.05, 3.63) is 53.4 Å². The number of para-hydroxylation sites is 1. The molecule has 1 aromatic carbocycles. The standard InChI is InChI=1S/C22H25ClN4O2/c1-22(2,29)14-7-9-15(10-8-14)25-21(28)18-12-11-16(13-24-18)27-19-6-4-3-5-17(19)20(23)26-27/h3-6,11-15,29H,7-10H2,1-2H3,(H,25,28). The summed E-state index contributed by atoms with van der Waals surface area (Å²) in [5.74, 6) is 0.107. The fraction of sp³-hybridized carbons (Fsp3) is 0.409. The molecule has 3 aromatic rings. The zero-order valence-electron chi connectivity index (χ0n) is 16.6. The molecule has 0 unspecified atom stereocenters. The van der Waals surface area contributed by atoms with Crippen molar-refractivity contribution in [2.24, 2.45) is 5.92 Å². The van der Waals surface area contributed by atoms with E-state index in [0.717, 1.165) is 42.3 Å². The average Bonchev–Trinajstić information content (AvgIpc) is 3.05. The molecule has 2 N–H and O–H groups in total. The first-order chi connectivity index (χ1) is 13.8. The normalized spacial score (nSPS) is 20.0. The zero-order valence-corrected chi connectivity index (χ0v) is 17.4. The fourth-order valence-electron chi connectivity index (χ4n) is 4.07. The van der Waals surface area contributed by atoms with Crippen molar-refractivity contribution < 1.29 is 9.90 Å². The van der Waals surface area contributed by atoms with Crippen LogP contribution in [0, 0.1) is 5.92 Å². The number of rotatable bonds is 4. The summed E-state index contributed by atoms with van der Waals surface area (Å²) in [4.78, 5) is 16.9. The number of hydrogen-bond donors (Lipinski definition) is 2. The summed E-state index contributed by atoms with van der Waals surface area (Å²) in [5.41, 5.74) is 1.35. The molecule has 0 atom stereocenters. The molecule has 7 heteroatoms. The number of amides is 1. The smallest absolute Gasteiger partial charge is 0.270 e. The van der Waals surface area contributed by atoms with Crippen LogP contribution in [-0.2, 0) is 0 Å². The first-order valence-corrected chi connectivity index (χ1v) is 10.3. The van der Waals surface area contributed by atoms with Gasteiger partial charge in [-0.3, -0.25) is 4.79 Å². The highest BCUT2D eigenvalue weighted by atomic mass is 35.5. The van der Waals surface area contributed by atoms with E-state index in [9.17, 15) is 9.90 Å². The second-order valence-corrected chi connectivity index (χ2v) is 8.66. The van der Waals surface area contributed by atoms with Crippen LogP contribution in [0.2, 0.25) is 5.15 Å². The van der Waals surface area contributed by atoms with Crippen LogP contribution < -0.4 is 5.32 Å². The molecule has 1 amide bonds. The van der Waals surface area contributed by atoms with E-state index < -0.39 is 5.60 Å². The maximum absolute atomic E-state index is 12.6. The van der Waals surface area contributed by atoms with Gasteiger partial charge >= 0.3 is 0 Å². The minimum atomic E-state index is -0.661. The Morgan fingerprint density at radius 2 is 1.90 bits per heavy atom. The van der Waals surface area contributed by atoms with Crippen LogP contribution >= 0.6 is 11.6 Å². The highest BCUT2D eigenvalue weighted by Crippen LogP contribution is 2.32. The lowest BCUT2D eigenvalue weighted by molar-refractivity contribution is -0.00258. The predicted molar refractivity (Wildman–Crippen MR) is 113 cm³/mol. The van der Waals surface area contributed by atoms with Crippen molar-refractivity contribution in [2.75, 3.05) is 0 Å². The van der Waals surface area contributed by atoms with Crippen molar-refractivity contribution in [2.45, 2.75) is 51.2 Å². The van der Waals surface area contributed by atoms with Crippen molar-refractivity contribution in [1.82, 2.24) is 20.1 Å². The highest BCUT2D eigenvalue weighted by molar-refractivity contribution is 6.34. The Morgan fingerprint density at radius 1 is 1.17 bits per heavy atom. The van der Waals surface area contributed by atoms with Crippen LogP contribution in [0.5, 0.6) is 0 Å². The lowest BCUT2D eigenvalue weighted by Gasteiger charge is -2.36. The topological polar surface area (TPSA) is 80.0 Å². The number of aromatic nitrogens is 3. The number of pyridine rings is 1. The molecule has 0 spiro atoms. The number of fused-ring (bicyclic) bond motifs is 1. The number of halogens is 1. The number of carbonyl (C=O) groups is 1. The van der Waals surface area contributed by atoms with Gasteiger partial charge in [-0.15, -0.1) is 0 Å². The van der Waals surface area contributed by atoms with E-state index >= 15 is 0 Å². The molecule has 2 aromatic heterocycles. The van der Waals surface area contributed by atoms with Crippen LogP contribution in [0.4, 0.5) is 0 Å². The fourth-order valence-corrected chi connectivity index (χ4v) is 4.31. The molecule has 1 fully saturated rings. The Bertz CT molecular complexity index is 1020. The van der Waals surface area contributed by atoms with E-state index in [1.165, 1.54) is 0 Å². The quantitative estimate of drug-likeness (QED) is 0.675. The van der Waals surface area contributed by atoms with Gasteiger partial charge in [-0.05, 0) is 69.7 Å². The summed E-state index contributed by atoms with van der Waals surface area (Å²) in [7, 11) is 0. The van der Waals surface area contributed by atoms with Gasteiger partial charge in [-0.2, -0.15) is 5.10 Å². The Hall–Kier alpha value is -2.44. The molecule has 1 saturated carbocycles. The molecular weight excluding hydrogens is 388 g/mol. The first kappa shape index (κ1) is 19.9. The molecule has 6 nitrogen and oxygen atoms in total. The van der Waals surface area contributed by atoms with Crippen LogP contribution in [0.1, 0.15) is 50.0 Å². The van der Waals surface area contributed by atoms with Gasteiger partial charge in [0.1, 0.15) is 5.69 Å². The van der Waals surface area contributed by atoms with E-state index in [2.05, 4.69) is 15.4 Å². The zero-order chi connectivity index (χ0) is 20.6. The minimum absolute atomic E-state index is 0.122. The van der Waals surface area contributed by atoms with Gasteiger partial charge in [0, 0.05) is 11.4 Å². The van der Waals surface area contributed by atoms with Crippen LogP contribution in [0.25, 0.3) is 16.6 Å². The number of carbonyl (C=O) groups excluding carboxylic acids is 1. The summed E-state index contributed by atoms with van der Waals surface area (Å²) >= 11 is 6.22. The summed E-state index contributed by atoms with van der Waals surface area (Å²) in [5, 5.41) is 18.9. The molecule has 29 heavy (non-hydrogen) atoms. The third kappa shape index (κ3) is 4.14. The summed E-state index contributed by atoms with van der Waals surface area (Å²) in [6.45, 7) is 3.72. The largest absolute Gasteiger partial charge is 0.390 e. The lowest BCUT2D eigenvalue weighted by Crippen LogP contribution is -2.42. The second kappa shape index (κ2) is 7.76. The number of benzene rings is 1. The van der Waals surface area contributed by atoms with E-state index in [0.29, 0.717) is 10.8 Å². The maximum Gasteiger partial charge on any atom is 0.270 e. The van der Waals surface area contributed by atoms with Crippen molar-refractivity contribution in [3.8, 4) is 5.69 Å². The highest BCUT2D eigenvalue weighted by Gasteiger charge is 2.31. The summed E-state index contributed by atoms with van der Waals surface area (Å²) in [6, 6.07) is 11.4. The third-order valence-corrected chi connectivity index (χ3v) is 6.11. The van der Waals surface area contributed by atoms with E-state index in [-0.39, 0.29) is 17.9 Å². The Morgan fingerprint density at radius 3 is 2.55 bits per heavy atom. The molecular formula is C22H25ClN4O2. The molecule has 152 valence electrons. The molecule has 4 rings (SSSR count). The molecule has 2 heterocycles. The van der Waals surface area contributed by atoms with Crippen LogP contribution in [-0.4, -0.2) is 37.4 Å². The maximum atomic E-state index is 12.6. The van der Waals surface area contributed by atoms with Gasteiger partial charge in [0.15, 0.2) is 5.15 Å². The Labute approximate surface area is 174 Å². The molecule has 0 bridgehead atoms. The first-order valence-electron chi connectivity index (χ1n) is 9.96. The SMILES string of the molecule is CC(C)(O)C1CCC(NC(=O)c2ccc(-n3nc(Cl)c4ccccc43)cn2)CC1. The number of hydrogen-bond acceptors (Lipinski definition) is 4. The molecule has 0 radical (unpaired) electrons. The monoisotopic (exact) mass is 412 g/mol. The van der Waals surface area contributed by atoms with E-state index in [1.54, 1.807) is 16.9 Å². The predicted octanol–water partition coefficient (Wildman–Crippen LogP) is 4.13. The molecule has 1 aliphatic rings. The van der Waals surface area contributed by atoms with Crippen molar-refractivity contribution in [3.63, 3.8) is 0 Å². The minimum Gasteiger partial charge on any atom is -0.390 e. The third-order valence-electron chi connectivity index (χ3n) is 5.83. The second-order valence-electron chi connectivity index (χ2n) is 8.30. The molecule has 0 saturated heterocycles. The van der Waals surface area contributed by atoms with Crippen molar-refractivity contribution >= 4 is 28.4 Å². The van der Waals surface area contributed by atoms with Gasteiger partial charge in [-0.25, -0.2) is 9.67 Å². The molecule has 0 aliphatic heterocycles. The average molecular weight is 413 g/mol. The lowest BCUT2D eigenvalue weighted by atomic mass is 9.77. The van der Waals surface area contributed by atoms with Crippen LogP contribution in [0.3, 0.4) is 0 Å². The van der Waals surface area contributed by atoms with Crippen LogP contribution in [0.15, 0.2) is 42.6 Å². The van der Waals surface area contributed by atoms with Crippen molar-refractivity contribution in [1.29, 1.82) is 0 Å². The van der Waals surface area contributed by atoms with E-state index in [1.807, 2.05) is 44.2 Å². The van der Waals surface area contributed by atoms with Gasteiger partial charge in [0.25, 0.3) is 5.91 Å². The van der Waals surface area contributed by atoms with E-state index in [4.69, 9.17) is 11.6 Å². The Balaban J connectivity index is 1.44. The summed E-state index contributed by atoms with van der Waals surface area (Å²) in [6.07, 6.45) is 5.20. The van der Waals surface area contributed by atoms with Gasteiger partial charge in [-0.1, -0.05) is 23.7 Å². The van der Waals surface area contributed by atoms with Gasteiger partial charge < -0.3 is 10.4 Å². The number of nitrogens with zero attached hydrogens (tertiary/aromatic N) is 3. The van der Waals surface area contributed by atoms with Gasteiger partial charge in [0.2, 0.25) is 0 Å². The Kier molecular flexibility index (Phi) is 5.32. The number of nitrogens with one attached hydrogen (secondary N) is 1. The number of aliphatic hydroxyl groups is 1. The van der Waals surface area contributed by atoms with Gasteiger partial charge in [0.05, 0.1) is 23.0 Å². The molecule has 1 aliphatic carbocycles. The summed E-state index contributed by atoms with van der Waals surface area (Å²) < 4.78 is 1.73.